The average Bonchev–Trinajstić information content (AvgIpc) is 2.88. The lowest BCUT2D eigenvalue weighted by Gasteiger charge is -2.28. The van der Waals surface area contributed by atoms with Crippen LogP contribution in [-0.4, -0.2) is 61.2 Å². The first-order valence-corrected chi connectivity index (χ1v) is 14.0. The number of H-pyrrole nitrogens is 1. The Kier molecular flexibility index (Phi) is 8.23. The molecule has 0 unspecified atom stereocenters. The number of hydrogen-bond donors (Lipinski definition) is 2. The quantitative estimate of drug-likeness (QED) is 0.436. The summed E-state index contributed by atoms with van der Waals surface area (Å²) in [6.07, 6.45) is 2.64. The monoisotopic (exact) mass is 510 g/mol. The molecular weight excluding hydrogens is 476 g/mol. The van der Waals surface area contributed by atoms with Crippen LogP contribution in [0.15, 0.2) is 58.2 Å². The number of unbranched alkanes of at least 4 members (excludes halogenated alkanes) is 1. The highest BCUT2D eigenvalue weighted by atomic mass is 32.2. The van der Waals surface area contributed by atoms with Crippen LogP contribution in [-0.2, 0) is 23.0 Å². The summed E-state index contributed by atoms with van der Waals surface area (Å²) in [5.74, 6) is -0.392. The second-order valence-corrected chi connectivity index (χ2v) is 11.1. The molecule has 1 amide bonds. The van der Waals surface area contributed by atoms with E-state index >= 15 is 0 Å². The van der Waals surface area contributed by atoms with E-state index in [0.29, 0.717) is 37.1 Å². The summed E-state index contributed by atoms with van der Waals surface area (Å²) in [6.45, 7) is 7.50. The van der Waals surface area contributed by atoms with Crippen molar-refractivity contribution < 1.29 is 13.2 Å². The molecule has 0 atom stereocenters. The molecule has 0 aliphatic carbocycles. The van der Waals surface area contributed by atoms with Crippen molar-refractivity contribution in [2.24, 2.45) is 0 Å². The van der Waals surface area contributed by atoms with Crippen LogP contribution in [0.25, 0.3) is 10.9 Å². The van der Waals surface area contributed by atoms with Crippen LogP contribution >= 0.6 is 0 Å². The number of aromatic amines is 1. The lowest BCUT2D eigenvalue weighted by atomic mass is 10.00. The smallest absolute Gasteiger partial charge is 0.252 e. The van der Waals surface area contributed by atoms with E-state index in [4.69, 9.17) is 0 Å². The van der Waals surface area contributed by atoms with Gasteiger partial charge in [0.1, 0.15) is 0 Å². The Morgan fingerprint density at radius 2 is 1.89 bits per heavy atom. The van der Waals surface area contributed by atoms with Crippen molar-refractivity contribution in [3.63, 3.8) is 0 Å². The minimum absolute atomic E-state index is 0.112. The summed E-state index contributed by atoms with van der Waals surface area (Å²) in [5.41, 5.74) is 2.87. The molecular formula is C27H34N4O4S. The molecule has 36 heavy (non-hydrogen) atoms. The van der Waals surface area contributed by atoms with Crippen LogP contribution in [0.5, 0.6) is 0 Å². The second kappa shape index (κ2) is 11.4. The van der Waals surface area contributed by atoms with Crippen molar-refractivity contribution in [1.82, 2.24) is 19.5 Å². The van der Waals surface area contributed by atoms with E-state index in [0.717, 1.165) is 32.4 Å². The van der Waals surface area contributed by atoms with E-state index in [9.17, 15) is 18.0 Å². The first kappa shape index (κ1) is 26.1. The Morgan fingerprint density at radius 3 is 2.64 bits per heavy atom. The zero-order chi connectivity index (χ0) is 25.7. The van der Waals surface area contributed by atoms with Crippen molar-refractivity contribution in [3.05, 3.63) is 75.6 Å². The number of fused-ring (bicyclic) bond motifs is 2. The zero-order valence-electron chi connectivity index (χ0n) is 20.9. The first-order valence-electron chi connectivity index (χ1n) is 12.6. The van der Waals surface area contributed by atoms with Gasteiger partial charge in [-0.1, -0.05) is 44.5 Å². The number of carbonyl (C=O) groups excluding carboxylic acids is 1. The standard InChI is InChI=1S/C27H34N4O4S/c1-3-5-14-31(4-2)36(34,35)22-10-11-25-23(17-22)24(18-26(32)29-25)27(33)28-13-16-30-15-12-20-8-6-7-9-21(20)19-30/h6-11,17-18H,3-5,12-16,19H2,1-2H3,(H,28,33)(H,29,32). The molecule has 0 bridgehead atoms. The van der Waals surface area contributed by atoms with Crippen LogP contribution in [0.2, 0.25) is 0 Å². The Hall–Kier alpha value is -3.01. The highest BCUT2D eigenvalue weighted by Gasteiger charge is 2.24. The normalized spacial score (nSPS) is 14.2. The molecule has 0 saturated carbocycles. The summed E-state index contributed by atoms with van der Waals surface area (Å²) >= 11 is 0. The maximum Gasteiger partial charge on any atom is 0.252 e. The predicted molar refractivity (Wildman–Crippen MR) is 142 cm³/mol. The van der Waals surface area contributed by atoms with Crippen LogP contribution in [0.4, 0.5) is 0 Å². The van der Waals surface area contributed by atoms with Gasteiger partial charge in [0.2, 0.25) is 15.6 Å². The summed E-state index contributed by atoms with van der Waals surface area (Å²) in [7, 11) is -3.72. The zero-order valence-corrected chi connectivity index (χ0v) is 21.7. The van der Waals surface area contributed by atoms with E-state index in [1.807, 2.05) is 19.9 Å². The second-order valence-electron chi connectivity index (χ2n) is 9.16. The molecule has 1 aliphatic heterocycles. The number of rotatable bonds is 10. The average molecular weight is 511 g/mol. The molecule has 0 radical (unpaired) electrons. The van der Waals surface area contributed by atoms with Crippen molar-refractivity contribution in [3.8, 4) is 0 Å². The van der Waals surface area contributed by atoms with Gasteiger partial charge >= 0.3 is 0 Å². The fourth-order valence-electron chi connectivity index (χ4n) is 4.68. The fraction of sp³-hybridized carbons (Fsp3) is 0.407. The number of nitrogens with one attached hydrogen (secondary N) is 2. The minimum Gasteiger partial charge on any atom is -0.351 e. The van der Waals surface area contributed by atoms with Crippen LogP contribution < -0.4 is 10.9 Å². The van der Waals surface area contributed by atoms with E-state index in [1.165, 1.54) is 33.6 Å². The number of nitrogens with zero attached hydrogens (tertiary/aromatic N) is 2. The Morgan fingerprint density at radius 1 is 1.11 bits per heavy atom. The number of carbonyl (C=O) groups is 1. The topological polar surface area (TPSA) is 103 Å². The number of amides is 1. The minimum atomic E-state index is -3.72. The van der Waals surface area contributed by atoms with Crippen LogP contribution in [0.1, 0.15) is 48.2 Å². The number of aromatic nitrogens is 1. The van der Waals surface area contributed by atoms with Gasteiger partial charge in [-0.15, -0.1) is 0 Å². The van der Waals surface area contributed by atoms with Gasteiger partial charge in [0.15, 0.2) is 0 Å². The van der Waals surface area contributed by atoms with E-state index in [1.54, 1.807) is 6.07 Å². The van der Waals surface area contributed by atoms with Gasteiger partial charge in [-0.05, 0) is 42.2 Å². The predicted octanol–water partition coefficient (Wildman–Crippen LogP) is 3.13. The molecule has 0 fully saturated rings. The summed E-state index contributed by atoms with van der Waals surface area (Å²) < 4.78 is 27.9. The van der Waals surface area contributed by atoms with Gasteiger partial charge in [-0.3, -0.25) is 14.5 Å². The number of hydrogen-bond acceptors (Lipinski definition) is 5. The highest BCUT2D eigenvalue weighted by Crippen LogP contribution is 2.23. The molecule has 1 aromatic heterocycles. The number of sulfonamides is 1. The maximum atomic E-state index is 13.2. The molecule has 8 nitrogen and oxygen atoms in total. The molecule has 9 heteroatoms. The molecule has 3 aromatic rings. The molecule has 0 spiro atoms. The summed E-state index contributed by atoms with van der Waals surface area (Å²) in [6, 6.07) is 14.2. The Labute approximate surface area is 212 Å². The lowest BCUT2D eigenvalue weighted by Crippen LogP contribution is -2.38. The number of benzene rings is 2. The van der Waals surface area contributed by atoms with Crippen molar-refractivity contribution in [2.75, 3.05) is 32.7 Å². The Balaban J connectivity index is 1.52. The first-order chi connectivity index (χ1) is 17.3. The third-order valence-corrected chi connectivity index (χ3v) is 8.70. The third-order valence-electron chi connectivity index (χ3n) is 6.73. The lowest BCUT2D eigenvalue weighted by molar-refractivity contribution is 0.0948. The van der Waals surface area contributed by atoms with Gasteiger partial charge in [0.05, 0.1) is 10.5 Å². The highest BCUT2D eigenvalue weighted by molar-refractivity contribution is 7.89. The van der Waals surface area contributed by atoms with E-state index < -0.39 is 21.5 Å². The fourth-order valence-corrected chi connectivity index (χ4v) is 6.20. The summed E-state index contributed by atoms with van der Waals surface area (Å²) in [5, 5.41) is 3.33. The molecule has 0 saturated heterocycles. The van der Waals surface area contributed by atoms with Gasteiger partial charge in [-0.2, -0.15) is 4.31 Å². The molecule has 1 aliphatic rings. The van der Waals surface area contributed by atoms with Crippen LogP contribution in [0, 0.1) is 0 Å². The van der Waals surface area contributed by atoms with Crippen molar-refractivity contribution in [1.29, 1.82) is 0 Å². The Bertz CT molecular complexity index is 1400. The SMILES string of the molecule is CCCCN(CC)S(=O)(=O)c1ccc2[nH]c(=O)cc(C(=O)NCCN3CCc4ccccc4C3)c2c1. The molecule has 192 valence electrons. The van der Waals surface area contributed by atoms with Crippen molar-refractivity contribution in [2.45, 2.75) is 44.6 Å². The molecule has 2 N–H and O–H groups in total. The van der Waals surface area contributed by atoms with E-state index in [2.05, 4.69) is 33.4 Å². The van der Waals surface area contributed by atoms with Gasteiger partial charge in [0, 0.05) is 56.2 Å². The van der Waals surface area contributed by atoms with Crippen LogP contribution in [0.3, 0.4) is 0 Å². The maximum absolute atomic E-state index is 13.2. The molecule has 4 rings (SSSR count). The van der Waals surface area contributed by atoms with Gasteiger partial charge in [-0.25, -0.2) is 8.42 Å². The van der Waals surface area contributed by atoms with Gasteiger partial charge in [0.25, 0.3) is 5.91 Å². The van der Waals surface area contributed by atoms with Crippen molar-refractivity contribution >= 4 is 26.8 Å². The van der Waals surface area contributed by atoms with Gasteiger partial charge < -0.3 is 10.3 Å². The molecule has 2 aromatic carbocycles. The van der Waals surface area contributed by atoms with E-state index in [-0.39, 0.29) is 10.5 Å². The largest absolute Gasteiger partial charge is 0.351 e. The number of pyridine rings is 1. The summed E-state index contributed by atoms with van der Waals surface area (Å²) in [4.78, 5) is 30.4. The molecule has 2 heterocycles. The third kappa shape index (κ3) is 5.69.